The summed E-state index contributed by atoms with van der Waals surface area (Å²) in [7, 11) is -2.38. The van der Waals surface area contributed by atoms with Crippen LogP contribution in [0.2, 0.25) is 0 Å². The van der Waals surface area contributed by atoms with E-state index in [4.69, 9.17) is 0 Å². The summed E-state index contributed by atoms with van der Waals surface area (Å²) in [5, 5.41) is -0.340. The van der Waals surface area contributed by atoms with Crippen LogP contribution in [-0.4, -0.2) is 21.5 Å². The first kappa shape index (κ1) is 6.69. The van der Waals surface area contributed by atoms with Crippen LogP contribution in [0, 0.1) is 0 Å². The van der Waals surface area contributed by atoms with Gasteiger partial charge in [-0.25, -0.2) is 0 Å². The maximum absolute atomic E-state index is 10.4. The third-order valence-corrected chi connectivity index (χ3v) is 1.82. The summed E-state index contributed by atoms with van der Waals surface area (Å²) in [5.41, 5.74) is 0. The SMILES string of the molecule is C=S(C)(=O)C(C)=O. The van der Waals surface area contributed by atoms with Crippen LogP contribution in [0.1, 0.15) is 6.92 Å². The summed E-state index contributed by atoms with van der Waals surface area (Å²) in [4.78, 5) is 10.1. The lowest BCUT2D eigenvalue weighted by Crippen LogP contribution is -2.06. The van der Waals surface area contributed by atoms with Gasteiger partial charge in [0, 0.05) is 22.7 Å². The Kier molecular flexibility index (Phi) is 1.58. The van der Waals surface area contributed by atoms with E-state index in [1.807, 2.05) is 0 Å². The van der Waals surface area contributed by atoms with Gasteiger partial charge in [0.05, 0.1) is 0 Å². The summed E-state index contributed by atoms with van der Waals surface area (Å²) in [6, 6.07) is 0. The van der Waals surface area contributed by atoms with Crippen molar-refractivity contribution < 1.29 is 9.00 Å². The van der Waals surface area contributed by atoms with Crippen LogP contribution in [0.15, 0.2) is 0 Å². The number of hydrogen-bond donors (Lipinski definition) is 0. The average Bonchev–Trinajstić information content (AvgIpc) is 1.31. The lowest BCUT2D eigenvalue weighted by Gasteiger charge is -1.88. The minimum absolute atomic E-state index is 0.340. The molecule has 0 aliphatic carbocycles. The van der Waals surface area contributed by atoms with Crippen LogP contribution in [0.5, 0.6) is 0 Å². The number of rotatable bonds is 0. The lowest BCUT2D eigenvalue weighted by molar-refractivity contribution is -0.109. The highest BCUT2D eigenvalue weighted by Crippen LogP contribution is 1.80. The molecule has 2 nitrogen and oxygen atoms in total. The lowest BCUT2D eigenvalue weighted by atomic mass is 10.9. The van der Waals surface area contributed by atoms with E-state index in [0.717, 1.165) is 0 Å². The van der Waals surface area contributed by atoms with E-state index in [0.29, 0.717) is 0 Å². The summed E-state index contributed by atoms with van der Waals surface area (Å²) in [6.07, 6.45) is 1.33. The first-order chi connectivity index (χ1) is 2.94. The molecule has 7 heavy (non-hydrogen) atoms. The molecule has 0 heterocycles. The van der Waals surface area contributed by atoms with Crippen molar-refractivity contribution in [2.75, 3.05) is 6.26 Å². The van der Waals surface area contributed by atoms with Crippen LogP contribution in [-0.2, 0) is 14.3 Å². The van der Waals surface area contributed by atoms with Crippen LogP contribution >= 0.6 is 0 Å². The molecular weight excluding hydrogens is 112 g/mol. The largest absolute Gasteiger partial charge is 0.285 e. The van der Waals surface area contributed by atoms with E-state index >= 15 is 0 Å². The van der Waals surface area contributed by atoms with Crippen LogP contribution in [0.4, 0.5) is 0 Å². The molecule has 0 saturated heterocycles. The van der Waals surface area contributed by atoms with Crippen molar-refractivity contribution in [3.05, 3.63) is 0 Å². The van der Waals surface area contributed by atoms with E-state index in [1.54, 1.807) is 0 Å². The molecule has 0 aromatic rings. The van der Waals surface area contributed by atoms with Gasteiger partial charge in [0.25, 0.3) is 0 Å². The maximum atomic E-state index is 10.4. The number of carbonyl (C=O) groups is 1. The maximum Gasteiger partial charge on any atom is 0.207 e. The van der Waals surface area contributed by atoms with Crippen LogP contribution in [0.25, 0.3) is 0 Å². The van der Waals surface area contributed by atoms with E-state index in [2.05, 4.69) is 5.87 Å². The van der Waals surface area contributed by atoms with Gasteiger partial charge in [-0.2, -0.15) is 0 Å². The normalized spacial score (nSPS) is 18.0. The molecule has 0 fully saturated rings. The molecule has 0 radical (unpaired) electrons. The summed E-state index contributed by atoms with van der Waals surface area (Å²) >= 11 is 0. The van der Waals surface area contributed by atoms with Gasteiger partial charge in [-0.15, -0.1) is 0 Å². The zero-order valence-corrected chi connectivity index (χ0v) is 5.25. The van der Waals surface area contributed by atoms with Crippen molar-refractivity contribution in [1.82, 2.24) is 0 Å². The first-order valence-electron chi connectivity index (χ1n) is 1.77. The zero-order chi connectivity index (χ0) is 6.08. The van der Waals surface area contributed by atoms with Crippen molar-refractivity contribution in [1.29, 1.82) is 0 Å². The standard InChI is InChI=1S/C4H8O2S/c1-4(5)7(2,3)6/h2H2,1,3H3. The molecule has 1 atom stereocenters. The molecule has 3 heteroatoms. The van der Waals surface area contributed by atoms with Crippen molar-refractivity contribution in [3.63, 3.8) is 0 Å². The Morgan fingerprint density at radius 1 is 1.71 bits per heavy atom. The van der Waals surface area contributed by atoms with Gasteiger partial charge in [-0.1, -0.05) is 0 Å². The average molecular weight is 120 g/mol. The molecular formula is C4H8O2S. The molecule has 0 aromatic heterocycles. The van der Waals surface area contributed by atoms with E-state index in [-0.39, 0.29) is 5.12 Å². The first-order valence-corrected chi connectivity index (χ1v) is 3.91. The molecule has 0 bridgehead atoms. The molecule has 0 rings (SSSR count). The molecule has 0 saturated carbocycles. The predicted molar refractivity (Wildman–Crippen MR) is 31.9 cm³/mol. The van der Waals surface area contributed by atoms with Gasteiger partial charge in [-0.05, 0) is 5.87 Å². The van der Waals surface area contributed by atoms with Gasteiger partial charge < -0.3 is 0 Å². The number of hydrogen-bond acceptors (Lipinski definition) is 2. The summed E-state index contributed by atoms with van der Waals surface area (Å²) in [6.45, 7) is 1.27. The molecule has 1 unspecified atom stereocenters. The van der Waals surface area contributed by atoms with Crippen molar-refractivity contribution in [3.8, 4) is 0 Å². The molecule has 0 N–H and O–H groups in total. The summed E-state index contributed by atoms with van der Waals surface area (Å²) < 4.78 is 10.4. The molecule has 42 valence electrons. The minimum Gasteiger partial charge on any atom is -0.285 e. The van der Waals surface area contributed by atoms with Gasteiger partial charge in [0.15, 0.2) is 0 Å². The fourth-order valence-electron chi connectivity index (χ4n) is 0. The zero-order valence-electron chi connectivity index (χ0n) is 4.43. The molecule has 0 spiro atoms. The Labute approximate surface area is 43.5 Å². The third-order valence-electron chi connectivity index (χ3n) is 0.608. The van der Waals surface area contributed by atoms with Crippen molar-refractivity contribution in [2.24, 2.45) is 0 Å². The van der Waals surface area contributed by atoms with E-state index < -0.39 is 9.52 Å². The Bertz CT molecular complexity index is 164. The smallest absolute Gasteiger partial charge is 0.207 e. The second kappa shape index (κ2) is 1.66. The van der Waals surface area contributed by atoms with Gasteiger partial charge in [0.2, 0.25) is 5.12 Å². The molecule has 0 aliphatic heterocycles. The highest BCUT2D eigenvalue weighted by molar-refractivity contribution is 8.13. The van der Waals surface area contributed by atoms with Gasteiger partial charge in [0.1, 0.15) is 0 Å². The molecule has 0 aromatic carbocycles. The predicted octanol–water partition coefficient (Wildman–Crippen LogP) is -0.121. The highest BCUT2D eigenvalue weighted by atomic mass is 32.2. The van der Waals surface area contributed by atoms with Crippen molar-refractivity contribution >= 4 is 20.5 Å². The Morgan fingerprint density at radius 2 is 1.86 bits per heavy atom. The van der Waals surface area contributed by atoms with Crippen LogP contribution < -0.4 is 0 Å². The molecule has 0 aliphatic rings. The highest BCUT2D eigenvalue weighted by Gasteiger charge is 1.98. The van der Waals surface area contributed by atoms with E-state index in [1.165, 1.54) is 13.2 Å². The Hall–Kier alpha value is -0.310. The van der Waals surface area contributed by atoms with Gasteiger partial charge in [-0.3, -0.25) is 9.00 Å². The van der Waals surface area contributed by atoms with Gasteiger partial charge >= 0.3 is 0 Å². The summed E-state index contributed by atoms with van der Waals surface area (Å²) in [5.74, 6) is 3.15. The fourth-order valence-corrected chi connectivity index (χ4v) is 0. The van der Waals surface area contributed by atoms with Crippen LogP contribution in [0.3, 0.4) is 0 Å². The monoisotopic (exact) mass is 120 g/mol. The quantitative estimate of drug-likeness (QED) is 0.418. The third kappa shape index (κ3) is 2.39. The second-order valence-corrected chi connectivity index (χ2v) is 4.08. The number of carbonyl (C=O) groups excluding carboxylic acids is 1. The fraction of sp³-hybridized carbons (Fsp3) is 0.500. The topological polar surface area (TPSA) is 34.1 Å². The second-order valence-electron chi connectivity index (χ2n) is 1.50. The Balaban J connectivity index is 4.43. The minimum atomic E-state index is -2.38. The van der Waals surface area contributed by atoms with Crippen molar-refractivity contribution in [2.45, 2.75) is 6.92 Å². The molecule has 0 amide bonds. The van der Waals surface area contributed by atoms with E-state index in [9.17, 15) is 9.00 Å². The Morgan fingerprint density at radius 3 is 1.86 bits per heavy atom.